The van der Waals surface area contributed by atoms with Crippen molar-refractivity contribution in [3.05, 3.63) is 28.8 Å². The number of amides is 1. The van der Waals surface area contributed by atoms with Crippen LogP contribution in [0.4, 0.5) is 5.69 Å². The Morgan fingerprint density at radius 1 is 1.25 bits per heavy atom. The minimum Gasteiger partial charge on any atom is -0.329 e. The normalized spacial score (nSPS) is 14.6. The molecule has 84 valence electrons. The van der Waals surface area contributed by atoms with E-state index in [2.05, 4.69) is 0 Å². The van der Waals surface area contributed by atoms with Crippen LogP contribution in [-0.4, -0.2) is 24.8 Å². The Bertz CT molecular complexity index is 480. The summed E-state index contributed by atoms with van der Waals surface area (Å²) in [5, 5.41) is 0. The maximum Gasteiger partial charge on any atom is 0.299 e. The first-order chi connectivity index (χ1) is 7.57. The summed E-state index contributed by atoms with van der Waals surface area (Å²) in [4.78, 5) is 24.9. The minimum absolute atomic E-state index is 0.353. The number of carbonyl (C=O) groups is 2. The van der Waals surface area contributed by atoms with E-state index in [0.29, 0.717) is 18.7 Å². The summed E-state index contributed by atoms with van der Waals surface area (Å²) < 4.78 is 0. The molecule has 0 aliphatic carbocycles. The molecule has 2 rings (SSSR count). The first-order valence-corrected chi connectivity index (χ1v) is 5.24. The fourth-order valence-corrected chi connectivity index (χ4v) is 2.01. The van der Waals surface area contributed by atoms with Crippen molar-refractivity contribution in [3.63, 3.8) is 0 Å². The highest BCUT2D eigenvalue weighted by Gasteiger charge is 2.36. The van der Waals surface area contributed by atoms with E-state index in [1.807, 2.05) is 19.9 Å². The third-order valence-corrected chi connectivity index (χ3v) is 3.01. The number of ketones is 1. The summed E-state index contributed by atoms with van der Waals surface area (Å²) in [6, 6.07) is 3.58. The lowest BCUT2D eigenvalue weighted by Crippen LogP contribution is -2.34. The first kappa shape index (κ1) is 10.8. The fourth-order valence-electron chi connectivity index (χ4n) is 2.01. The molecule has 16 heavy (non-hydrogen) atoms. The number of fused-ring (bicyclic) bond motifs is 1. The van der Waals surface area contributed by atoms with E-state index in [9.17, 15) is 9.59 Å². The quantitative estimate of drug-likeness (QED) is 0.746. The first-order valence-electron chi connectivity index (χ1n) is 5.24. The highest BCUT2D eigenvalue weighted by atomic mass is 16.2. The van der Waals surface area contributed by atoms with Crippen LogP contribution in [-0.2, 0) is 4.79 Å². The second-order valence-corrected chi connectivity index (χ2v) is 3.98. The third-order valence-electron chi connectivity index (χ3n) is 3.01. The van der Waals surface area contributed by atoms with Gasteiger partial charge in [-0.25, -0.2) is 0 Å². The van der Waals surface area contributed by atoms with Crippen LogP contribution in [0.1, 0.15) is 21.5 Å². The summed E-state index contributed by atoms with van der Waals surface area (Å²) in [6.45, 7) is 4.63. The van der Waals surface area contributed by atoms with Gasteiger partial charge >= 0.3 is 0 Å². The Labute approximate surface area is 94.0 Å². The molecule has 0 bridgehead atoms. The van der Waals surface area contributed by atoms with E-state index >= 15 is 0 Å². The lowest BCUT2D eigenvalue weighted by atomic mass is 10.0. The van der Waals surface area contributed by atoms with Crippen molar-refractivity contribution < 1.29 is 9.59 Å². The van der Waals surface area contributed by atoms with Gasteiger partial charge in [0.15, 0.2) is 0 Å². The number of hydrogen-bond acceptors (Lipinski definition) is 3. The van der Waals surface area contributed by atoms with Gasteiger partial charge in [0.2, 0.25) is 0 Å². The van der Waals surface area contributed by atoms with Crippen LogP contribution in [0.25, 0.3) is 0 Å². The molecular formula is C12H14N2O2. The highest BCUT2D eigenvalue weighted by Crippen LogP contribution is 2.33. The number of benzene rings is 1. The van der Waals surface area contributed by atoms with Gasteiger partial charge in [-0.2, -0.15) is 0 Å². The van der Waals surface area contributed by atoms with Gasteiger partial charge in [0.1, 0.15) is 0 Å². The zero-order chi connectivity index (χ0) is 11.9. The zero-order valence-corrected chi connectivity index (χ0v) is 9.41. The summed E-state index contributed by atoms with van der Waals surface area (Å²) in [5.41, 5.74) is 8.74. The van der Waals surface area contributed by atoms with E-state index in [0.717, 1.165) is 16.8 Å². The van der Waals surface area contributed by atoms with E-state index in [-0.39, 0.29) is 0 Å². The molecular weight excluding hydrogens is 204 g/mol. The summed E-state index contributed by atoms with van der Waals surface area (Å²) in [7, 11) is 0. The van der Waals surface area contributed by atoms with Crippen LogP contribution in [0.3, 0.4) is 0 Å². The Morgan fingerprint density at radius 2 is 1.94 bits per heavy atom. The summed E-state index contributed by atoms with van der Waals surface area (Å²) >= 11 is 0. The Kier molecular flexibility index (Phi) is 2.52. The maximum atomic E-state index is 11.7. The number of carbonyl (C=O) groups excluding carboxylic acids is 2. The molecule has 0 radical (unpaired) electrons. The molecule has 1 aliphatic heterocycles. The molecule has 0 fully saturated rings. The number of nitrogens with two attached hydrogens (primary N) is 1. The van der Waals surface area contributed by atoms with Gasteiger partial charge in [-0.3, -0.25) is 9.59 Å². The zero-order valence-electron chi connectivity index (χ0n) is 9.41. The number of hydrogen-bond donors (Lipinski definition) is 1. The van der Waals surface area contributed by atoms with Gasteiger partial charge in [0, 0.05) is 13.1 Å². The second-order valence-electron chi connectivity index (χ2n) is 3.98. The minimum atomic E-state index is -0.464. The van der Waals surface area contributed by atoms with Gasteiger partial charge in [-0.15, -0.1) is 0 Å². The van der Waals surface area contributed by atoms with Gasteiger partial charge in [-0.05, 0) is 31.0 Å². The molecule has 0 spiro atoms. The van der Waals surface area contributed by atoms with Crippen molar-refractivity contribution >= 4 is 17.4 Å². The molecule has 0 saturated carbocycles. The van der Waals surface area contributed by atoms with Crippen LogP contribution in [0.2, 0.25) is 0 Å². The molecule has 1 aliphatic rings. The standard InChI is InChI=1S/C12H14N2O2/c1-7-3-4-9-10(8(7)2)14(6-5-13)12(16)11(9)15/h3-4H,5-6,13H2,1-2H3. The van der Waals surface area contributed by atoms with Crippen molar-refractivity contribution in [1.82, 2.24) is 0 Å². The van der Waals surface area contributed by atoms with Crippen LogP contribution < -0.4 is 10.6 Å². The Balaban J connectivity index is 2.62. The summed E-state index contributed by atoms with van der Waals surface area (Å²) in [5.74, 6) is -0.888. The molecule has 1 heterocycles. The molecule has 0 unspecified atom stereocenters. The van der Waals surface area contributed by atoms with Gasteiger partial charge < -0.3 is 10.6 Å². The van der Waals surface area contributed by atoms with Crippen LogP contribution >= 0.6 is 0 Å². The van der Waals surface area contributed by atoms with E-state index in [4.69, 9.17) is 5.73 Å². The van der Waals surface area contributed by atoms with E-state index in [1.165, 1.54) is 4.90 Å². The molecule has 0 aromatic heterocycles. The van der Waals surface area contributed by atoms with Crippen molar-refractivity contribution in [3.8, 4) is 0 Å². The Hall–Kier alpha value is -1.68. The topological polar surface area (TPSA) is 63.4 Å². The number of nitrogens with zero attached hydrogens (tertiary/aromatic N) is 1. The van der Waals surface area contributed by atoms with Crippen LogP contribution in [0, 0.1) is 13.8 Å². The number of anilines is 1. The molecule has 2 N–H and O–H groups in total. The SMILES string of the molecule is Cc1ccc2c(c1C)N(CCN)C(=O)C2=O. The average Bonchev–Trinajstić information content (AvgIpc) is 2.50. The van der Waals surface area contributed by atoms with Gasteiger partial charge in [0.25, 0.3) is 11.7 Å². The summed E-state index contributed by atoms with van der Waals surface area (Å²) in [6.07, 6.45) is 0. The molecule has 0 atom stereocenters. The average molecular weight is 218 g/mol. The maximum absolute atomic E-state index is 11.7. The lowest BCUT2D eigenvalue weighted by Gasteiger charge is -2.18. The van der Waals surface area contributed by atoms with Gasteiger partial charge in [0.05, 0.1) is 11.3 Å². The lowest BCUT2D eigenvalue weighted by molar-refractivity contribution is -0.114. The van der Waals surface area contributed by atoms with E-state index < -0.39 is 11.7 Å². The second kappa shape index (κ2) is 3.72. The smallest absolute Gasteiger partial charge is 0.299 e. The van der Waals surface area contributed by atoms with Gasteiger partial charge in [-0.1, -0.05) is 6.07 Å². The number of aryl methyl sites for hydroxylation is 1. The predicted molar refractivity (Wildman–Crippen MR) is 61.7 cm³/mol. The number of Topliss-reactive ketones (excluding diaryl/α,β-unsaturated/α-hetero) is 1. The van der Waals surface area contributed by atoms with Crippen LogP contribution in [0.5, 0.6) is 0 Å². The fraction of sp³-hybridized carbons (Fsp3) is 0.333. The molecule has 1 amide bonds. The van der Waals surface area contributed by atoms with Crippen molar-refractivity contribution in [2.45, 2.75) is 13.8 Å². The molecule has 1 aromatic rings. The molecule has 4 heteroatoms. The Morgan fingerprint density at radius 3 is 2.56 bits per heavy atom. The highest BCUT2D eigenvalue weighted by molar-refractivity contribution is 6.52. The number of rotatable bonds is 2. The van der Waals surface area contributed by atoms with Crippen molar-refractivity contribution in [1.29, 1.82) is 0 Å². The predicted octanol–water partition coefficient (Wildman–Crippen LogP) is 0.791. The molecule has 0 saturated heterocycles. The van der Waals surface area contributed by atoms with Crippen LogP contribution in [0.15, 0.2) is 12.1 Å². The van der Waals surface area contributed by atoms with Crippen molar-refractivity contribution in [2.24, 2.45) is 5.73 Å². The molecule has 1 aromatic carbocycles. The molecule has 4 nitrogen and oxygen atoms in total. The van der Waals surface area contributed by atoms with E-state index in [1.54, 1.807) is 6.07 Å². The monoisotopic (exact) mass is 218 g/mol. The van der Waals surface area contributed by atoms with Crippen molar-refractivity contribution in [2.75, 3.05) is 18.0 Å². The third kappa shape index (κ3) is 1.34. The largest absolute Gasteiger partial charge is 0.329 e.